The number of fused-ring (bicyclic) bond motifs is 1. The van der Waals surface area contributed by atoms with E-state index < -0.39 is 0 Å². The van der Waals surface area contributed by atoms with Crippen molar-refractivity contribution in [3.63, 3.8) is 0 Å². The molecule has 0 unspecified atom stereocenters. The molecule has 0 radical (unpaired) electrons. The van der Waals surface area contributed by atoms with Crippen LogP contribution in [0.5, 0.6) is 5.75 Å². The van der Waals surface area contributed by atoms with E-state index in [4.69, 9.17) is 4.74 Å². The van der Waals surface area contributed by atoms with Gasteiger partial charge in [0.05, 0.1) is 11.6 Å². The van der Waals surface area contributed by atoms with Gasteiger partial charge in [0.25, 0.3) is 0 Å². The summed E-state index contributed by atoms with van der Waals surface area (Å²) in [6.45, 7) is 6.07. The highest BCUT2D eigenvalue weighted by Crippen LogP contribution is 2.24. The number of aryl methyl sites for hydroxylation is 1. The summed E-state index contributed by atoms with van der Waals surface area (Å²) in [5, 5.41) is 4.30. The van der Waals surface area contributed by atoms with Crippen LogP contribution in [0.25, 0.3) is 10.9 Å². The van der Waals surface area contributed by atoms with Gasteiger partial charge < -0.3 is 10.1 Å². The van der Waals surface area contributed by atoms with Crippen LogP contribution in [0, 0.1) is 6.92 Å². The van der Waals surface area contributed by atoms with Gasteiger partial charge in [-0.05, 0) is 50.6 Å². The van der Waals surface area contributed by atoms with Crippen LogP contribution in [0.15, 0.2) is 48.7 Å². The van der Waals surface area contributed by atoms with Crippen molar-refractivity contribution in [1.29, 1.82) is 0 Å². The number of para-hydroxylation sites is 1. The zero-order chi connectivity index (χ0) is 15.5. The third kappa shape index (κ3) is 3.17. The fraction of sp³-hybridized carbons (Fsp3) is 0.222. The lowest BCUT2D eigenvalue weighted by atomic mass is 10.2. The minimum absolute atomic E-state index is 0.169. The lowest BCUT2D eigenvalue weighted by Crippen LogP contribution is -2.06. The predicted molar refractivity (Wildman–Crippen MR) is 89.8 cm³/mol. The number of rotatable bonds is 4. The van der Waals surface area contributed by atoms with Crippen LogP contribution in [0.4, 0.5) is 11.6 Å². The first-order chi connectivity index (χ1) is 10.6. The molecule has 0 fully saturated rings. The molecule has 3 rings (SSSR count). The summed E-state index contributed by atoms with van der Waals surface area (Å²) in [7, 11) is 0. The van der Waals surface area contributed by atoms with Gasteiger partial charge in [0.15, 0.2) is 0 Å². The number of aromatic nitrogens is 2. The summed E-state index contributed by atoms with van der Waals surface area (Å²) in [4.78, 5) is 8.89. The summed E-state index contributed by atoms with van der Waals surface area (Å²) in [5.74, 6) is 1.47. The fourth-order valence-electron chi connectivity index (χ4n) is 2.27. The Balaban J connectivity index is 1.85. The largest absolute Gasteiger partial charge is 0.491 e. The van der Waals surface area contributed by atoms with E-state index in [2.05, 4.69) is 15.3 Å². The Bertz CT molecular complexity index is 799. The Labute approximate surface area is 130 Å². The molecule has 0 aliphatic rings. The van der Waals surface area contributed by atoms with E-state index in [0.717, 1.165) is 27.9 Å². The van der Waals surface area contributed by atoms with Crippen LogP contribution < -0.4 is 10.1 Å². The minimum Gasteiger partial charge on any atom is -0.491 e. The zero-order valence-corrected chi connectivity index (χ0v) is 13.0. The van der Waals surface area contributed by atoms with Gasteiger partial charge >= 0.3 is 0 Å². The van der Waals surface area contributed by atoms with Gasteiger partial charge in [-0.25, -0.2) is 9.97 Å². The predicted octanol–water partition coefficient (Wildman–Crippen LogP) is 4.47. The van der Waals surface area contributed by atoms with E-state index in [1.165, 1.54) is 0 Å². The number of nitrogens with zero attached hydrogens (tertiary/aromatic N) is 2. The Morgan fingerprint density at radius 3 is 2.68 bits per heavy atom. The number of anilines is 2. The second-order valence-electron chi connectivity index (χ2n) is 5.52. The molecule has 0 amide bonds. The highest BCUT2D eigenvalue weighted by molar-refractivity contribution is 5.79. The van der Waals surface area contributed by atoms with E-state index >= 15 is 0 Å². The van der Waals surface area contributed by atoms with Crippen molar-refractivity contribution in [2.45, 2.75) is 26.9 Å². The van der Waals surface area contributed by atoms with Gasteiger partial charge in [-0.2, -0.15) is 0 Å². The zero-order valence-electron chi connectivity index (χ0n) is 13.0. The number of benzene rings is 2. The third-order valence-electron chi connectivity index (χ3n) is 3.31. The smallest absolute Gasteiger partial charge is 0.227 e. The first-order valence-electron chi connectivity index (χ1n) is 7.38. The lowest BCUT2D eigenvalue weighted by molar-refractivity contribution is 0.242. The number of ether oxygens (including phenoxy) is 1. The molecule has 4 heteroatoms. The Hall–Kier alpha value is -2.62. The van der Waals surface area contributed by atoms with Gasteiger partial charge in [0.2, 0.25) is 5.95 Å². The van der Waals surface area contributed by atoms with Crippen LogP contribution in [0.1, 0.15) is 19.4 Å². The van der Waals surface area contributed by atoms with Crippen LogP contribution in [-0.2, 0) is 0 Å². The summed E-state index contributed by atoms with van der Waals surface area (Å²) >= 11 is 0. The molecule has 1 heterocycles. The minimum atomic E-state index is 0.169. The van der Waals surface area contributed by atoms with Crippen molar-refractivity contribution in [3.05, 3.63) is 54.2 Å². The van der Waals surface area contributed by atoms with E-state index in [-0.39, 0.29) is 6.10 Å². The van der Waals surface area contributed by atoms with Crippen molar-refractivity contribution >= 4 is 22.5 Å². The molecule has 1 N–H and O–H groups in total. The quantitative estimate of drug-likeness (QED) is 0.771. The first kappa shape index (κ1) is 14.3. The van der Waals surface area contributed by atoms with E-state index in [1.807, 2.05) is 69.4 Å². The maximum atomic E-state index is 5.70. The second-order valence-corrected chi connectivity index (χ2v) is 5.52. The number of hydrogen-bond donors (Lipinski definition) is 1. The summed E-state index contributed by atoms with van der Waals surface area (Å²) in [6.07, 6.45) is 2.00. The molecule has 0 aliphatic carbocycles. The molecular weight excluding hydrogens is 274 g/mol. The molecule has 4 nitrogen and oxygen atoms in total. The first-order valence-corrected chi connectivity index (χ1v) is 7.38. The SMILES string of the molecule is Cc1cc(OC(C)C)ccc1Nc1ncc2ccccc2n1. The van der Waals surface area contributed by atoms with E-state index in [9.17, 15) is 0 Å². The highest BCUT2D eigenvalue weighted by Gasteiger charge is 2.05. The van der Waals surface area contributed by atoms with Crippen molar-refractivity contribution in [2.75, 3.05) is 5.32 Å². The molecule has 0 spiro atoms. The fourth-order valence-corrected chi connectivity index (χ4v) is 2.27. The highest BCUT2D eigenvalue weighted by atomic mass is 16.5. The van der Waals surface area contributed by atoms with Crippen LogP contribution in [-0.4, -0.2) is 16.1 Å². The maximum Gasteiger partial charge on any atom is 0.227 e. The monoisotopic (exact) mass is 293 g/mol. The maximum absolute atomic E-state index is 5.70. The van der Waals surface area contributed by atoms with Gasteiger partial charge in [-0.15, -0.1) is 0 Å². The summed E-state index contributed by atoms with van der Waals surface area (Å²) in [6, 6.07) is 13.9. The molecule has 3 aromatic rings. The summed E-state index contributed by atoms with van der Waals surface area (Å²) < 4.78 is 5.70. The molecule has 0 atom stereocenters. The standard InChI is InChI=1S/C18H19N3O/c1-12(2)22-15-8-9-16(13(3)10-15)20-18-19-11-14-6-4-5-7-17(14)21-18/h4-12H,1-3H3,(H,19,20,21). The average Bonchev–Trinajstić information content (AvgIpc) is 2.49. The molecule has 22 heavy (non-hydrogen) atoms. The molecule has 0 saturated carbocycles. The van der Waals surface area contributed by atoms with Crippen molar-refractivity contribution in [3.8, 4) is 5.75 Å². The van der Waals surface area contributed by atoms with Crippen molar-refractivity contribution < 1.29 is 4.74 Å². The topological polar surface area (TPSA) is 47.0 Å². The van der Waals surface area contributed by atoms with Crippen molar-refractivity contribution in [2.24, 2.45) is 0 Å². The number of nitrogens with one attached hydrogen (secondary N) is 1. The van der Waals surface area contributed by atoms with Crippen molar-refractivity contribution in [1.82, 2.24) is 9.97 Å². The molecule has 0 bridgehead atoms. The van der Waals surface area contributed by atoms with Crippen LogP contribution >= 0.6 is 0 Å². The number of hydrogen-bond acceptors (Lipinski definition) is 4. The van der Waals surface area contributed by atoms with Crippen LogP contribution in [0.2, 0.25) is 0 Å². The van der Waals surface area contributed by atoms with Gasteiger partial charge in [-0.1, -0.05) is 18.2 Å². The third-order valence-corrected chi connectivity index (χ3v) is 3.31. The average molecular weight is 293 g/mol. The lowest BCUT2D eigenvalue weighted by Gasteiger charge is -2.13. The molecular formula is C18H19N3O. The molecule has 0 aliphatic heterocycles. The Kier molecular flexibility index (Phi) is 3.92. The second kappa shape index (κ2) is 6.02. The molecule has 1 aromatic heterocycles. The molecule has 112 valence electrons. The van der Waals surface area contributed by atoms with Crippen LogP contribution in [0.3, 0.4) is 0 Å². The van der Waals surface area contributed by atoms with Gasteiger partial charge in [0.1, 0.15) is 5.75 Å². The van der Waals surface area contributed by atoms with Gasteiger partial charge in [0, 0.05) is 17.3 Å². The van der Waals surface area contributed by atoms with E-state index in [1.54, 1.807) is 0 Å². The Morgan fingerprint density at radius 1 is 1.09 bits per heavy atom. The molecule has 2 aromatic carbocycles. The summed E-state index contributed by atoms with van der Waals surface area (Å²) in [5.41, 5.74) is 3.00. The Morgan fingerprint density at radius 2 is 1.91 bits per heavy atom. The normalized spacial score (nSPS) is 10.9. The molecule has 0 saturated heterocycles. The van der Waals surface area contributed by atoms with E-state index in [0.29, 0.717) is 5.95 Å². The van der Waals surface area contributed by atoms with Gasteiger partial charge in [-0.3, -0.25) is 0 Å².